The molecule has 2 aromatic carbocycles. The molecule has 3 N–H and O–H groups in total. The van der Waals surface area contributed by atoms with Crippen LogP contribution in [-0.2, 0) is 22.7 Å². The van der Waals surface area contributed by atoms with E-state index in [9.17, 15) is 9.59 Å². The maximum Gasteiger partial charge on any atom is 0.315 e. The fourth-order valence-corrected chi connectivity index (χ4v) is 3.09. The van der Waals surface area contributed by atoms with Crippen LogP contribution in [-0.4, -0.2) is 17.5 Å². The second-order valence-electron chi connectivity index (χ2n) is 9.16. The minimum Gasteiger partial charge on any atom is -0.371 e. The third-order valence-electron chi connectivity index (χ3n) is 5.09. The fourth-order valence-electron chi connectivity index (χ4n) is 3.09. The lowest BCUT2D eigenvalue weighted by atomic mass is 10.1. The second-order valence-corrected chi connectivity index (χ2v) is 9.16. The number of hydrogen-bond acceptors (Lipinski definition) is 3. The van der Waals surface area contributed by atoms with Crippen molar-refractivity contribution in [3.8, 4) is 0 Å². The molecule has 0 saturated heterocycles. The summed E-state index contributed by atoms with van der Waals surface area (Å²) >= 11 is 0. The molecule has 3 amide bonds. The quantitative estimate of drug-likeness (QED) is 0.564. The molecule has 0 heterocycles. The van der Waals surface area contributed by atoms with Gasteiger partial charge >= 0.3 is 6.03 Å². The first-order valence-corrected chi connectivity index (χ1v) is 10.9. The van der Waals surface area contributed by atoms with Gasteiger partial charge in [0.2, 0.25) is 5.91 Å². The normalized spacial score (nSPS) is 14.6. The van der Waals surface area contributed by atoms with Crippen molar-refractivity contribution in [1.29, 1.82) is 0 Å². The maximum absolute atomic E-state index is 12.3. The number of rotatable bonds is 8. The van der Waals surface area contributed by atoms with Crippen molar-refractivity contribution >= 4 is 17.6 Å². The van der Waals surface area contributed by atoms with E-state index in [1.807, 2.05) is 76.2 Å². The van der Waals surface area contributed by atoms with Crippen LogP contribution in [0, 0.1) is 5.92 Å². The van der Waals surface area contributed by atoms with Gasteiger partial charge < -0.3 is 20.7 Å². The molecule has 0 aromatic heterocycles. The number of carbonyl (C=O) groups excluding carboxylic acids is 2. The minimum absolute atomic E-state index is 0.0901. The van der Waals surface area contributed by atoms with Crippen molar-refractivity contribution in [2.45, 2.75) is 65.3 Å². The van der Waals surface area contributed by atoms with E-state index in [-0.39, 0.29) is 29.5 Å². The first-order chi connectivity index (χ1) is 14.7. The van der Waals surface area contributed by atoms with E-state index in [1.165, 1.54) is 0 Å². The van der Waals surface area contributed by atoms with Gasteiger partial charge in [-0.05, 0) is 69.4 Å². The van der Waals surface area contributed by atoms with E-state index in [0.717, 1.165) is 35.2 Å². The van der Waals surface area contributed by atoms with Crippen LogP contribution in [0.1, 0.15) is 63.3 Å². The van der Waals surface area contributed by atoms with Crippen LogP contribution in [0.25, 0.3) is 0 Å². The van der Waals surface area contributed by atoms with E-state index in [2.05, 4.69) is 16.0 Å². The molecular formula is C25H33N3O3. The van der Waals surface area contributed by atoms with E-state index in [0.29, 0.717) is 13.2 Å². The standard InChI is InChI=1S/C25H33N3O3/c1-17(20-10-12-22(13-11-20)28-23(29)21-8-9-21)27-24(30)26-15-18-6-5-7-19(14-18)16-31-25(2,3)4/h5-7,10-14,17,21H,8-9,15-16H2,1-4H3,(H,28,29)(H2,26,27,30). The number of amides is 3. The third kappa shape index (κ3) is 7.72. The molecule has 166 valence electrons. The van der Waals surface area contributed by atoms with Gasteiger partial charge in [0.25, 0.3) is 0 Å². The van der Waals surface area contributed by atoms with Crippen LogP contribution in [0.2, 0.25) is 0 Å². The SMILES string of the molecule is CC(NC(=O)NCc1cccc(COC(C)(C)C)c1)c1ccc(NC(=O)C2CC2)cc1. The molecule has 0 radical (unpaired) electrons. The molecule has 0 spiro atoms. The van der Waals surface area contributed by atoms with E-state index >= 15 is 0 Å². The summed E-state index contributed by atoms with van der Waals surface area (Å²) < 4.78 is 5.82. The number of ether oxygens (including phenoxy) is 1. The molecule has 1 aliphatic rings. The van der Waals surface area contributed by atoms with Gasteiger partial charge in [0.15, 0.2) is 0 Å². The first kappa shape index (κ1) is 22.8. The highest BCUT2D eigenvalue weighted by molar-refractivity contribution is 5.94. The molecule has 1 saturated carbocycles. The second kappa shape index (κ2) is 9.96. The molecule has 3 rings (SSSR count). The average Bonchev–Trinajstić information content (AvgIpc) is 3.57. The van der Waals surface area contributed by atoms with Gasteiger partial charge in [0.05, 0.1) is 18.2 Å². The molecule has 6 heteroatoms. The summed E-state index contributed by atoms with van der Waals surface area (Å²) in [6.45, 7) is 9.00. The smallest absolute Gasteiger partial charge is 0.315 e. The van der Waals surface area contributed by atoms with Crippen molar-refractivity contribution in [2.24, 2.45) is 5.92 Å². The summed E-state index contributed by atoms with van der Waals surface area (Å²) in [5.41, 5.74) is 3.67. The lowest BCUT2D eigenvalue weighted by molar-refractivity contribution is -0.117. The van der Waals surface area contributed by atoms with Gasteiger partial charge in [-0.2, -0.15) is 0 Å². The molecule has 1 fully saturated rings. The Hall–Kier alpha value is -2.86. The van der Waals surface area contributed by atoms with Gasteiger partial charge in [-0.3, -0.25) is 4.79 Å². The van der Waals surface area contributed by atoms with Crippen LogP contribution < -0.4 is 16.0 Å². The predicted molar refractivity (Wildman–Crippen MR) is 123 cm³/mol. The van der Waals surface area contributed by atoms with Crippen molar-refractivity contribution < 1.29 is 14.3 Å². The highest BCUT2D eigenvalue weighted by Gasteiger charge is 2.29. The predicted octanol–water partition coefficient (Wildman–Crippen LogP) is 4.91. The van der Waals surface area contributed by atoms with Crippen LogP contribution in [0.5, 0.6) is 0 Å². The number of anilines is 1. The zero-order valence-corrected chi connectivity index (χ0v) is 18.8. The third-order valence-corrected chi connectivity index (χ3v) is 5.09. The summed E-state index contributed by atoms with van der Waals surface area (Å²) in [4.78, 5) is 24.2. The Morgan fingerprint density at radius 3 is 2.39 bits per heavy atom. The molecular weight excluding hydrogens is 390 g/mol. The lowest BCUT2D eigenvalue weighted by Crippen LogP contribution is -2.36. The molecule has 1 aliphatic carbocycles. The summed E-state index contributed by atoms with van der Waals surface area (Å²) in [5, 5.41) is 8.78. The van der Waals surface area contributed by atoms with Gasteiger partial charge in [0.1, 0.15) is 0 Å². The fraction of sp³-hybridized carbons (Fsp3) is 0.440. The summed E-state index contributed by atoms with van der Waals surface area (Å²) in [6.07, 6.45) is 1.96. The van der Waals surface area contributed by atoms with Crippen LogP contribution in [0.4, 0.5) is 10.5 Å². The van der Waals surface area contributed by atoms with Crippen LogP contribution in [0.15, 0.2) is 48.5 Å². The maximum atomic E-state index is 12.3. The average molecular weight is 424 g/mol. The van der Waals surface area contributed by atoms with Crippen molar-refractivity contribution in [3.05, 3.63) is 65.2 Å². The molecule has 1 unspecified atom stereocenters. The number of carbonyl (C=O) groups is 2. The zero-order valence-electron chi connectivity index (χ0n) is 18.8. The van der Waals surface area contributed by atoms with Gasteiger partial charge in [-0.15, -0.1) is 0 Å². The van der Waals surface area contributed by atoms with Crippen LogP contribution in [0.3, 0.4) is 0 Å². The number of benzene rings is 2. The van der Waals surface area contributed by atoms with E-state index < -0.39 is 0 Å². The molecule has 6 nitrogen and oxygen atoms in total. The van der Waals surface area contributed by atoms with E-state index in [1.54, 1.807) is 0 Å². The Balaban J connectivity index is 1.45. The highest BCUT2D eigenvalue weighted by atomic mass is 16.5. The largest absolute Gasteiger partial charge is 0.371 e. The Morgan fingerprint density at radius 2 is 1.74 bits per heavy atom. The summed E-state index contributed by atoms with van der Waals surface area (Å²) in [5.74, 6) is 0.267. The minimum atomic E-state index is -0.227. The van der Waals surface area contributed by atoms with Gasteiger partial charge in [-0.1, -0.05) is 36.4 Å². The first-order valence-electron chi connectivity index (χ1n) is 10.9. The molecule has 0 aliphatic heterocycles. The molecule has 2 aromatic rings. The number of urea groups is 1. The summed E-state index contributed by atoms with van der Waals surface area (Å²) in [7, 11) is 0. The van der Waals surface area contributed by atoms with Gasteiger partial charge in [-0.25, -0.2) is 4.79 Å². The number of nitrogens with one attached hydrogen (secondary N) is 3. The summed E-state index contributed by atoms with van der Waals surface area (Å²) in [6, 6.07) is 15.2. The number of hydrogen-bond donors (Lipinski definition) is 3. The highest BCUT2D eigenvalue weighted by Crippen LogP contribution is 2.30. The Morgan fingerprint density at radius 1 is 1.06 bits per heavy atom. The molecule has 31 heavy (non-hydrogen) atoms. The zero-order chi connectivity index (χ0) is 22.4. The Kier molecular flexibility index (Phi) is 7.33. The van der Waals surface area contributed by atoms with Crippen LogP contribution >= 0.6 is 0 Å². The van der Waals surface area contributed by atoms with Crippen molar-refractivity contribution in [1.82, 2.24) is 10.6 Å². The molecule has 0 bridgehead atoms. The Bertz CT molecular complexity index is 899. The van der Waals surface area contributed by atoms with Crippen molar-refractivity contribution in [3.63, 3.8) is 0 Å². The monoisotopic (exact) mass is 423 g/mol. The lowest BCUT2D eigenvalue weighted by Gasteiger charge is -2.20. The topological polar surface area (TPSA) is 79.5 Å². The van der Waals surface area contributed by atoms with E-state index in [4.69, 9.17) is 4.74 Å². The van der Waals surface area contributed by atoms with Crippen molar-refractivity contribution in [2.75, 3.05) is 5.32 Å². The molecule has 1 atom stereocenters. The Labute approximate surface area is 184 Å². The van der Waals surface area contributed by atoms with Gasteiger partial charge in [0, 0.05) is 18.2 Å².